The van der Waals surface area contributed by atoms with Crippen molar-refractivity contribution in [3.8, 4) is 0 Å². The quantitative estimate of drug-likeness (QED) is 0.613. The molecule has 0 aliphatic rings. The Kier molecular flexibility index (Phi) is 6.10. The van der Waals surface area contributed by atoms with Gasteiger partial charge in [0.25, 0.3) is 5.69 Å². The molecule has 0 spiro atoms. The predicted octanol–water partition coefficient (Wildman–Crippen LogP) is 2.11. The summed E-state index contributed by atoms with van der Waals surface area (Å²) in [6.45, 7) is 2.25. The van der Waals surface area contributed by atoms with E-state index in [2.05, 4.69) is 0 Å². The van der Waals surface area contributed by atoms with Gasteiger partial charge in [0.05, 0.1) is 22.8 Å². The number of amides is 1. The molecule has 0 atom stereocenters. The number of aliphatic carboxylic acids is 1. The van der Waals surface area contributed by atoms with Gasteiger partial charge in [-0.05, 0) is 12.5 Å². The van der Waals surface area contributed by atoms with E-state index in [1.807, 2.05) is 0 Å². The molecule has 1 amide bonds. The molecule has 8 heteroatoms. The van der Waals surface area contributed by atoms with E-state index in [-0.39, 0.29) is 36.0 Å². The average Bonchev–Trinajstić information content (AvgIpc) is 2.41. The molecule has 0 radical (unpaired) electrons. The first-order valence-corrected chi connectivity index (χ1v) is 6.65. The second-order valence-electron chi connectivity index (χ2n) is 4.33. The van der Waals surface area contributed by atoms with Gasteiger partial charge < -0.3 is 10.0 Å². The molecule has 0 saturated carbocycles. The topological polar surface area (TPSA) is 101 Å². The zero-order valence-electron chi connectivity index (χ0n) is 11.4. The van der Waals surface area contributed by atoms with Crippen LogP contribution in [0.2, 0.25) is 5.02 Å². The molecule has 0 bridgehead atoms. The maximum Gasteiger partial charge on any atom is 0.305 e. The summed E-state index contributed by atoms with van der Waals surface area (Å²) in [6, 6.07) is 3.91. The summed E-state index contributed by atoms with van der Waals surface area (Å²) in [5.74, 6) is -1.25. The third kappa shape index (κ3) is 5.03. The number of carboxylic acid groups (broad SMARTS) is 1. The van der Waals surface area contributed by atoms with Crippen LogP contribution in [0.5, 0.6) is 0 Å². The van der Waals surface area contributed by atoms with Crippen molar-refractivity contribution in [2.75, 3.05) is 13.1 Å². The number of nitro groups is 1. The molecule has 0 aromatic heterocycles. The van der Waals surface area contributed by atoms with E-state index >= 15 is 0 Å². The number of hydrogen-bond donors (Lipinski definition) is 1. The molecular weight excluding hydrogens is 300 g/mol. The van der Waals surface area contributed by atoms with Crippen molar-refractivity contribution in [2.24, 2.45) is 0 Å². The number of rotatable bonds is 7. The lowest BCUT2D eigenvalue weighted by molar-refractivity contribution is -0.384. The van der Waals surface area contributed by atoms with Gasteiger partial charge in [0.15, 0.2) is 0 Å². The van der Waals surface area contributed by atoms with E-state index in [4.69, 9.17) is 16.7 Å². The summed E-state index contributed by atoms with van der Waals surface area (Å²) in [4.78, 5) is 34.0. The van der Waals surface area contributed by atoms with Gasteiger partial charge in [0.1, 0.15) is 0 Å². The van der Waals surface area contributed by atoms with Crippen LogP contribution in [-0.4, -0.2) is 39.9 Å². The summed E-state index contributed by atoms with van der Waals surface area (Å²) in [7, 11) is 0. The molecule has 1 rings (SSSR count). The lowest BCUT2D eigenvalue weighted by Crippen LogP contribution is -2.34. The number of non-ortho nitro benzene ring substituents is 1. The van der Waals surface area contributed by atoms with Gasteiger partial charge in [-0.15, -0.1) is 0 Å². The molecule has 0 heterocycles. The minimum absolute atomic E-state index is 0.0235. The maximum atomic E-state index is 12.1. The van der Waals surface area contributed by atoms with Gasteiger partial charge in [-0.1, -0.05) is 17.7 Å². The molecule has 114 valence electrons. The Morgan fingerprint density at radius 1 is 1.43 bits per heavy atom. The number of carboxylic acids is 1. The van der Waals surface area contributed by atoms with E-state index in [9.17, 15) is 19.7 Å². The fraction of sp³-hybridized carbons (Fsp3) is 0.385. The van der Waals surface area contributed by atoms with Crippen LogP contribution in [0.25, 0.3) is 0 Å². The Hall–Kier alpha value is -2.15. The van der Waals surface area contributed by atoms with Gasteiger partial charge in [0, 0.05) is 25.2 Å². The van der Waals surface area contributed by atoms with Crippen molar-refractivity contribution >= 4 is 29.2 Å². The van der Waals surface area contributed by atoms with Crippen LogP contribution in [0.3, 0.4) is 0 Å². The molecular formula is C13H15ClN2O5. The highest BCUT2D eigenvalue weighted by molar-refractivity contribution is 6.31. The van der Waals surface area contributed by atoms with E-state index in [1.54, 1.807) is 6.92 Å². The van der Waals surface area contributed by atoms with E-state index < -0.39 is 10.9 Å². The highest BCUT2D eigenvalue weighted by atomic mass is 35.5. The summed E-state index contributed by atoms with van der Waals surface area (Å²) in [6.07, 6.45) is -0.155. The SMILES string of the molecule is CCN(CCC(=O)O)C(=O)Cc1ccc([N+](=O)[O-])cc1Cl. The van der Waals surface area contributed by atoms with Crippen LogP contribution < -0.4 is 0 Å². The fourth-order valence-corrected chi connectivity index (χ4v) is 2.00. The summed E-state index contributed by atoms with van der Waals surface area (Å²) in [5.41, 5.74) is 0.329. The number of carbonyl (C=O) groups excluding carboxylic acids is 1. The fourth-order valence-electron chi connectivity index (χ4n) is 1.76. The minimum Gasteiger partial charge on any atom is -0.481 e. The largest absolute Gasteiger partial charge is 0.481 e. The van der Waals surface area contributed by atoms with Crippen LogP contribution in [0.15, 0.2) is 18.2 Å². The van der Waals surface area contributed by atoms with Crippen LogP contribution in [0, 0.1) is 10.1 Å². The predicted molar refractivity (Wildman–Crippen MR) is 76.3 cm³/mol. The van der Waals surface area contributed by atoms with Crippen molar-refractivity contribution in [1.29, 1.82) is 0 Å². The molecule has 1 N–H and O–H groups in total. The van der Waals surface area contributed by atoms with Crippen molar-refractivity contribution in [1.82, 2.24) is 4.90 Å². The molecule has 1 aromatic rings. The minimum atomic E-state index is -0.977. The van der Waals surface area contributed by atoms with Gasteiger partial charge in [-0.3, -0.25) is 19.7 Å². The summed E-state index contributed by atoms with van der Waals surface area (Å²) < 4.78 is 0. The Labute approximate surface area is 126 Å². The third-order valence-corrected chi connectivity index (χ3v) is 3.27. The van der Waals surface area contributed by atoms with Crippen LogP contribution in [0.4, 0.5) is 5.69 Å². The molecule has 0 saturated heterocycles. The Bertz CT molecular complexity index is 561. The molecule has 0 fully saturated rings. The first-order chi connectivity index (χ1) is 9.85. The van der Waals surface area contributed by atoms with Crippen molar-refractivity contribution in [3.63, 3.8) is 0 Å². The number of halogens is 1. The number of nitrogens with zero attached hydrogens (tertiary/aromatic N) is 2. The first-order valence-electron chi connectivity index (χ1n) is 6.27. The Morgan fingerprint density at radius 2 is 2.10 bits per heavy atom. The second-order valence-corrected chi connectivity index (χ2v) is 4.73. The van der Waals surface area contributed by atoms with E-state index in [1.165, 1.54) is 23.1 Å². The van der Waals surface area contributed by atoms with Crippen molar-refractivity contribution in [3.05, 3.63) is 38.9 Å². The third-order valence-electron chi connectivity index (χ3n) is 2.92. The van der Waals surface area contributed by atoms with Crippen molar-refractivity contribution < 1.29 is 19.6 Å². The van der Waals surface area contributed by atoms with Gasteiger partial charge in [-0.25, -0.2) is 0 Å². The number of benzene rings is 1. The average molecular weight is 315 g/mol. The van der Waals surface area contributed by atoms with Crippen LogP contribution in [0.1, 0.15) is 18.9 Å². The molecule has 0 aliphatic carbocycles. The highest BCUT2D eigenvalue weighted by Gasteiger charge is 2.16. The maximum absolute atomic E-state index is 12.1. The number of likely N-dealkylation sites (N-methyl/N-ethyl adjacent to an activating group) is 1. The Morgan fingerprint density at radius 3 is 2.57 bits per heavy atom. The van der Waals surface area contributed by atoms with Gasteiger partial charge in [0.2, 0.25) is 5.91 Å². The molecule has 21 heavy (non-hydrogen) atoms. The summed E-state index contributed by atoms with van der Waals surface area (Å²) >= 11 is 5.92. The van der Waals surface area contributed by atoms with Crippen LogP contribution in [-0.2, 0) is 16.0 Å². The lowest BCUT2D eigenvalue weighted by Gasteiger charge is -2.20. The van der Waals surface area contributed by atoms with Crippen molar-refractivity contribution in [2.45, 2.75) is 19.8 Å². The first kappa shape index (κ1) is 16.9. The normalized spacial score (nSPS) is 10.2. The zero-order chi connectivity index (χ0) is 16.0. The summed E-state index contributed by atoms with van der Waals surface area (Å²) in [5, 5.41) is 19.4. The number of hydrogen-bond acceptors (Lipinski definition) is 4. The molecule has 7 nitrogen and oxygen atoms in total. The monoisotopic (exact) mass is 314 g/mol. The van der Waals surface area contributed by atoms with E-state index in [0.717, 1.165) is 0 Å². The molecule has 0 aliphatic heterocycles. The molecule has 1 aromatic carbocycles. The smallest absolute Gasteiger partial charge is 0.305 e. The second kappa shape index (κ2) is 7.58. The lowest BCUT2D eigenvalue weighted by atomic mass is 10.1. The standard InChI is InChI=1S/C13H15ClN2O5/c1-2-15(6-5-13(18)19)12(17)7-9-3-4-10(16(20)21)8-11(9)14/h3-4,8H,2,5-7H2,1H3,(H,18,19). The molecule has 0 unspecified atom stereocenters. The Balaban J connectivity index is 2.77. The van der Waals surface area contributed by atoms with Gasteiger partial charge >= 0.3 is 5.97 Å². The highest BCUT2D eigenvalue weighted by Crippen LogP contribution is 2.23. The number of carbonyl (C=O) groups is 2. The zero-order valence-corrected chi connectivity index (χ0v) is 12.2. The number of nitro benzene ring substituents is 1. The van der Waals surface area contributed by atoms with Gasteiger partial charge in [-0.2, -0.15) is 0 Å². The van der Waals surface area contributed by atoms with Crippen LogP contribution >= 0.6 is 11.6 Å². The van der Waals surface area contributed by atoms with E-state index in [0.29, 0.717) is 12.1 Å².